The van der Waals surface area contributed by atoms with Crippen molar-refractivity contribution >= 4 is 5.91 Å². The number of hydrogen-bond acceptors (Lipinski definition) is 8. The lowest BCUT2D eigenvalue weighted by molar-refractivity contribution is -0.131. The van der Waals surface area contributed by atoms with Crippen LogP contribution in [0.4, 0.5) is 0 Å². The molecule has 9 heteroatoms. The van der Waals surface area contributed by atoms with Crippen LogP contribution in [0.2, 0.25) is 0 Å². The summed E-state index contributed by atoms with van der Waals surface area (Å²) in [7, 11) is 0. The van der Waals surface area contributed by atoms with Crippen LogP contribution in [0, 0.1) is 18.3 Å². The van der Waals surface area contributed by atoms with E-state index >= 15 is 0 Å². The molecule has 3 aromatic rings. The first-order valence-corrected chi connectivity index (χ1v) is 12.1. The molecule has 0 spiro atoms. The molecule has 1 amide bonds. The van der Waals surface area contributed by atoms with Gasteiger partial charge in [-0.3, -0.25) is 4.79 Å². The summed E-state index contributed by atoms with van der Waals surface area (Å²) in [6.07, 6.45) is 0.213. The second kappa shape index (κ2) is 10.9. The van der Waals surface area contributed by atoms with Crippen molar-refractivity contribution in [3.05, 3.63) is 52.6 Å². The van der Waals surface area contributed by atoms with Gasteiger partial charge in [0.15, 0.2) is 0 Å². The number of ether oxygens (including phenoxy) is 1. The van der Waals surface area contributed by atoms with Gasteiger partial charge in [0.1, 0.15) is 11.8 Å². The fraction of sp³-hybridized carbons (Fsp3) is 0.407. The van der Waals surface area contributed by atoms with E-state index < -0.39 is 6.10 Å². The zero-order valence-electron chi connectivity index (χ0n) is 21.0. The van der Waals surface area contributed by atoms with Crippen molar-refractivity contribution in [2.24, 2.45) is 0 Å². The molecule has 36 heavy (non-hydrogen) atoms. The number of nitrogens with zero attached hydrogens (tertiary/aromatic N) is 4. The number of nitrogens with one attached hydrogen (secondary N) is 1. The van der Waals surface area contributed by atoms with Gasteiger partial charge in [0.25, 0.3) is 5.89 Å². The number of carbonyl (C=O) groups is 1. The molecule has 0 aliphatic carbocycles. The molecule has 0 fully saturated rings. The van der Waals surface area contributed by atoms with Crippen LogP contribution in [0.15, 0.2) is 34.9 Å². The summed E-state index contributed by atoms with van der Waals surface area (Å²) >= 11 is 0. The lowest BCUT2D eigenvalue weighted by Crippen LogP contribution is -2.42. The van der Waals surface area contributed by atoms with Crippen molar-refractivity contribution in [3.8, 4) is 34.7 Å². The fourth-order valence-electron chi connectivity index (χ4n) is 4.35. The van der Waals surface area contributed by atoms with Gasteiger partial charge < -0.3 is 24.6 Å². The molecule has 2 aromatic carbocycles. The first-order chi connectivity index (χ1) is 17.3. The lowest BCUT2D eigenvalue weighted by atomic mass is 9.91. The molecule has 1 aliphatic heterocycles. The highest BCUT2D eigenvalue weighted by Crippen LogP contribution is 2.32. The van der Waals surface area contributed by atoms with Crippen LogP contribution >= 0.6 is 0 Å². The Balaban J connectivity index is 1.52. The van der Waals surface area contributed by atoms with E-state index in [4.69, 9.17) is 9.26 Å². The van der Waals surface area contributed by atoms with Crippen LogP contribution in [-0.4, -0.2) is 57.9 Å². The number of aliphatic hydroxyl groups excluding tert-OH is 1. The quantitative estimate of drug-likeness (QED) is 0.494. The van der Waals surface area contributed by atoms with Crippen molar-refractivity contribution in [2.45, 2.75) is 52.9 Å². The predicted octanol–water partition coefficient (Wildman–Crippen LogP) is 3.23. The number of nitriles is 1. The molecule has 1 aliphatic rings. The van der Waals surface area contributed by atoms with E-state index in [0.717, 1.165) is 23.1 Å². The number of aliphatic hydroxyl groups is 1. The molecular weight excluding hydrogens is 458 g/mol. The average Bonchev–Trinajstić information content (AvgIpc) is 3.33. The van der Waals surface area contributed by atoms with Gasteiger partial charge in [0, 0.05) is 30.8 Å². The van der Waals surface area contributed by atoms with Gasteiger partial charge in [-0.2, -0.15) is 10.2 Å². The standard InChI is InChI=1S/C27H31N5O4/c1-16(2)35-24-8-6-19(11-21(24)12-28)27-30-26(31-36-27)23-7-5-20-15-32(10-9-22(20)18(23)4)25(34)14-29-13-17(3)33/h5-8,11,16-17,29,33H,9-10,13-15H2,1-4H3. The Morgan fingerprint density at radius 2 is 2.11 bits per heavy atom. The van der Waals surface area contributed by atoms with E-state index in [1.54, 1.807) is 25.1 Å². The number of aromatic nitrogens is 2. The number of rotatable bonds is 8. The summed E-state index contributed by atoms with van der Waals surface area (Å²) in [5, 5.41) is 26.1. The first-order valence-electron chi connectivity index (χ1n) is 12.1. The maximum Gasteiger partial charge on any atom is 0.258 e. The molecule has 0 saturated heterocycles. The molecule has 188 valence electrons. The van der Waals surface area contributed by atoms with Crippen LogP contribution in [-0.2, 0) is 17.8 Å². The minimum atomic E-state index is -0.488. The van der Waals surface area contributed by atoms with Crippen LogP contribution in [0.3, 0.4) is 0 Å². The highest BCUT2D eigenvalue weighted by Gasteiger charge is 2.24. The normalized spacial score (nSPS) is 13.9. The molecule has 4 rings (SSSR count). The third-order valence-electron chi connectivity index (χ3n) is 6.13. The van der Waals surface area contributed by atoms with Crippen molar-refractivity contribution in [2.75, 3.05) is 19.6 Å². The minimum Gasteiger partial charge on any atom is -0.490 e. The number of hydrogen-bond donors (Lipinski definition) is 2. The first kappa shape index (κ1) is 25.4. The maximum absolute atomic E-state index is 12.5. The van der Waals surface area contributed by atoms with Crippen molar-refractivity contribution < 1.29 is 19.2 Å². The Bertz CT molecular complexity index is 1290. The molecule has 0 bridgehead atoms. The van der Waals surface area contributed by atoms with Gasteiger partial charge >= 0.3 is 0 Å². The van der Waals surface area contributed by atoms with E-state index in [-0.39, 0.29) is 18.6 Å². The van der Waals surface area contributed by atoms with Gasteiger partial charge in [-0.25, -0.2) is 0 Å². The Morgan fingerprint density at radius 3 is 2.83 bits per heavy atom. The SMILES string of the molecule is Cc1c(-c2noc(-c3ccc(OC(C)C)c(C#N)c3)n2)ccc2c1CCN(C(=O)CNCC(C)O)C2. The molecule has 0 saturated carbocycles. The van der Waals surface area contributed by atoms with E-state index in [1.165, 1.54) is 5.56 Å². The molecule has 2 N–H and O–H groups in total. The molecule has 0 radical (unpaired) electrons. The second-order valence-electron chi connectivity index (χ2n) is 9.33. The lowest BCUT2D eigenvalue weighted by Gasteiger charge is -2.30. The average molecular weight is 490 g/mol. The molecule has 1 atom stereocenters. The summed E-state index contributed by atoms with van der Waals surface area (Å²) in [6, 6.07) is 11.4. The summed E-state index contributed by atoms with van der Waals surface area (Å²) in [5.41, 5.74) is 5.30. The molecular formula is C27H31N5O4. The number of amides is 1. The van der Waals surface area contributed by atoms with Gasteiger partial charge in [-0.1, -0.05) is 17.3 Å². The van der Waals surface area contributed by atoms with Crippen molar-refractivity contribution in [1.82, 2.24) is 20.4 Å². The minimum absolute atomic E-state index is 0.0207. The van der Waals surface area contributed by atoms with E-state index in [2.05, 4.69) is 21.5 Å². The van der Waals surface area contributed by atoms with Crippen LogP contribution in [0.1, 0.15) is 43.0 Å². The monoisotopic (exact) mass is 489 g/mol. The summed E-state index contributed by atoms with van der Waals surface area (Å²) in [5.74, 6) is 1.35. The predicted molar refractivity (Wildman–Crippen MR) is 134 cm³/mol. The number of fused-ring (bicyclic) bond motifs is 1. The molecule has 1 aromatic heterocycles. The zero-order chi connectivity index (χ0) is 25.8. The second-order valence-corrected chi connectivity index (χ2v) is 9.33. The molecule has 2 heterocycles. The van der Waals surface area contributed by atoms with Gasteiger partial charge in [0.05, 0.1) is 24.3 Å². The van der Waals surface area contributed by atoms with E-state index in [0.29, 0.717) is 48.2 Å². The third kappa shape index (κ3) is 5.56. The molecule has 9 nitrogen and oxygen atoms in total. The third-order valence-corrected chi connectivity index (χ3v) is 6.13. The summed E-state index contributed by atoms with van der Waals surface area (Å²) in [6.45, 7) is 9.32. The Hall–Kier alpha value is -3.74. The van der Waals surface area contributed by atoms with Crippen molar-refractivity contribution in [3.63, 3.8) is 0 Å². The summed E-state index contributed by atoms with van der Waals surface area (Å²) in [4.78, 5) is 19.0. The fourth-order valence-corrected chi connectivity index (χ4v) is 4.35. The number of benzene rings is 2. The Morgan fingerprint density at radius 1 is 1.31 bits per heavy atom. The molecule has 1 unspecified atom stereocenters. The van der Waals surface area contributed by atoms with Gasteiger partial charge in [-0.15, -0.1) is 0 Å². The highest BCUT2D eigenvalue weighted by atomic mass is 16.5. The largest absolute Gasteiger partial charge is 0.490 e. The van der Waals surface area contributed by atoms with E-state index in [1.807, 2.05) is 37.8 Å². The highest BCUT2D eigenvalue weighted by molar-refractivity contribution is 5.79. The smallest absolute Gasteiger partial charge is 0.258 e. The topological polar surface area (TPSA) is 125 Å². The van der Waals surface area contributed by atoms with Crippen LogP contribution < -0.4 is 10.1 Å². The van der Waals surface area contributed by atoms with Crippen molar-refractivity contribution in [1.29, 1.82) is 5.26 Å². The Labute approximate surface area is 210 Å². The zero-order valence-corrected chi connectivity index (χ0v) is 21.0. The van der Waals surface area contributed by atoms with E-state index in [9.17, 15) is 15.2 Å². The Kier molecular flexibility index (Phi) is 7.67. The van der Waals surface area contributed by atoms with Gasteiger partial charge in [0.2, 0.25) is 11.7 Å². The number of carbonyl (C=O) groups excluding carboxylic acids is 1. The van der Waals surface area contributed by atoms with Crippen LogP contribution in [0.5, 0.6) is 5.75 Å². The van der Waals surface area contributed by atoms with Crippen LogP contribution in [0.25, 0.3) is 22.8 Å². The maximum atomic E-state index is 12.5. The van der Waals surface area contributed by atoms with Gasteiger partial charge in [-0.05, 0) is 69.0 Å². The summed E-state index contributed by atoms with van der Waals surface area (Å²) < 4.78 is 11.2.